The zero-order chi connectivity index (χ0) is 25.8. The lowest BCUT2D eigenvalue weighted by molar-refractivity contribution is -0.385. The normalized spacial score (nSPS) is 11.3. The molecule has 14 heteroatoms. The average Bonchev–Trinajstić information content (AvgIpc) is 3.15. The van der Waals surface area contributed by atoms with Gasteiger partial charge in [-0.05, 0) is 37.3 Å². The highest BCUT2D eigenvalue weighted by Crippen LogP contribution is 2.35. The van der Waals surface area contributed by atoms with Crippen LogP contribution in [0, 0.1) is 17.0 Å². The number of nitro groups is 1. The smallest absolute Gasteiger partial charge is 0.271 e. The van der Waals surface area contributed by atoms with Crippen molar-refractivity contribution in [3.63, 3.8) is 0 Å². The number of rotatable bonds is 11. The molecule has 0 aliphatic carbocycles. The summed E-state index contributed by atoms with van der Waals surface area (Å²) in [6.07, 6.45) is 0. The number of hydrogen-bond acceptors (Lipinski definition) is 9. The largest absolute Gasteiger partial charge is 0.497 e. The fourth-order valence-electron chi connectivity index (χ4n) is 3.10. The summed E-state index contributed by atoms with van der Waals surface area (Å²) in [5.41, 5.74) is 5.60. The number of benzene rings is 2. The lowest BCUT2D eigenvalue weighted by Crippen LogP contribution is -2.27. The second-order valence-electron chi connectivity index (χ2n) is 7.13. The van der Waals surface area contributed by atoms with E-state index < -0.39 is 31.4 Å². The highest BCUT2D eigenvalue weighted by Gasteiger charge is 2.27. The predicted molar refractivity (Wildman–Crippen MR) is 124 cm³/mol. The molecule has 1 aromatic heterocycles. The van der Waals surface area contributed by atoms with Gasteiger partial charge in [-0.3, -0.25) is 14.9 Å². The molecule has 186 valence electrons. The number of methoxy groups -OCH3 is 2. The van der Waals surface area contributed by atoms with E-state index in [4.69, 9.17) is 19.9 Å². The molecule has 35 heavy (non-hydrogen) atoms. The molecule has 3 aromatic rings. The summed E-state index contributed by atoms with van der Waals surface area (Å²) >= 11 is 0. The van der Waals surface area contributed by atoms with Gasteiger partial charge < -0.3 is 19.9 Å². The number of nitro benzene ring substituents is 1. The van der Waals surface area contributed by atoms with E-state index in [1.807, 2.05) is 0 Å². The molecule has 0 aliphatic heterocycles. The van der Waals surface area contributed by atoms with Gasteiger partial charge in [-0.25, -0.2) is 13.1 Å². The van der Waals surface area contributed by atoms with E-state index in [1.54, 1.807) is 24.3 Å². The van der Waals surface area contributed by atoms with Gasteiger partial charge >= 0.3 is 0 Å². The summed E-state index contributed by atoms with van der Waals surface area (Å²) in [4.78, 5) is 22.0. The average molecular weight is 506 g/mol. The number of nitrogens with one attached hydrogen (secondary N) is 1. The first kappa shape index (κ1) is 25.6. The number of aromatic nitrogens is 2. The van der Waals surface area contributed by atoms with Gasteiger partial charge in [0.25, 0.3) is 11.6 Å². The molecule has 0 spiro atoms. The number of nitrogens with zero attached hydrogens (tertiary/aromatic N) is 3. The molecule has 0 aliphatic rings. The molecule has 1 heterocycles. The van der Waals surface area contributed by atoms with Crippen molar-refractivity contribution in [3.8, 4) is 23.1 Å². The maximum absolute atomic E-state index is 12.9. The highest BCUT2D eigenvalue weighted by atomic mass is 32.2. The van der Waals surface area contributed by atoms with E-state index in [0.717, 1.165) is 18.2 Å². The zero-order valence-electron chi connectivity index (χ0n) is 19.0. The van der Waals surface area contributed by atoms with Crippen LogP contribution in [-0.4, -0.2) is 56.4 Å². The van der Waals surface area contributed by atoms with E-state index in [2.05, 4.69) is 9.82 Å². The van der Waals surface area contributed by atoms with Gasteiger partial charge in [0.15, 0.2) is 5.69 Å². The molecule has 2 aromatic carbocycles. The Balaban J connectivity index is 2.15. The summed E-state index contributed by atoms with van der Waals surface area (Å²) < 4.78 is 45.4. The van der Waals surface area contributed by atoms with E-state index in [9.17, 15) is 23.3 Å². The Bertz CT molecular complexity index is 1350. The van der Waals surface area contributed by atoms with Crippen molar-refractivity contribution in [2.45, 2.75) is 11.8 Å². The maximum Gasteiger partial charge on any atom is 0.271 e. The third-order valence-corrected chi connectivity index (χ3v) is 6.33. The molecule has 0 radical (unpaired) electrons. The molecule has 0 atom stereocenters. The van der Waals surface area contributed by atoms with E-state index in [1.165, 1.54) is 25.8 Å². The molecule has 13 nitrogen and oxygen atoms in total. The summed E-state index contributed by atoms with van der Waals surface area (Å²) in [5, 5.41) is 15.5. The van der Waals surface area contributed by atoms with Gasteiger partial charge in [-0.2, -0.15) is 9.78 Å². The molecule has 0 saturated carbocycles. The second kappa shape index (κ2) is 10.5. The Hall–Kier alpha value is -4.01. The number of amides is 1. The zero-order valence-corrected chi connectivity index (χ0v) is 19.9. The molecule has 3 rings (SSSR count). The lowest BCUT2D eigenvalue weighted by atomic mass is 10.2. The maximum atomic E-state index is 12.9. The molecule has 0 saturated heterocycles. The van der Waals surface area contributed by atoms with Crippen LogP contribution in [0.4, 0.5) is 5.69 Å². The van der Waals surface area contributed by atoms with Crippen molar-refractivity contribution in [1.82, 2.24) is 14.5 Å². The second-order valence-corrected chi connectivity index (χ2v) is 8.87. The number of non-ortho nitro benzene ring substituents is 1. The standard InChI is InChI=1S/C21H23N5O8S/c1-13-19(20(22)27)24-25(14-4-7-16(33-3)8-5-14)21(13)34-17-9-6-15(26(28)29)12-18(17)35(30,31)23-10-11-32-2/h4-9,12,23H,10-11H2,1-3H3,(H2,22,27). The van der Waals surface area contributed by atoms with Gasteiger partial charge in [-0.1, -0.05) is 0 Å². The van der Waals surface area contributed by atoms with Gasteiger partial charge in [-0.15, -0.1) is 0 Å². The van der Waals surface area contributed by atoms with Gasteiger partial charge in [0, 0.05) is 31.4 Å². The summed E-state index contributed by atoms with van der Waals surface area (Å²) in [6, 6.07) is 9.72. The van der Waals surface area contributed by atoms with Crippen LogP contribution in [0.2, 0.25) is 0 Å². The quantitative estimate of drug-likeness (QED) is 0.224. The summed E-state index contributed by atoms with van der Waals surface area (Å²) in [6.45, 7) is 1.53. The molecular weight excluding hydrogens is 482 g/mol. The number of carbonyl (C=O) groups excluding carboxylic acids is 1. The van der Waals surface area contributed by atoms with Crippen molar-refractivity contribution in [2.75, 3.05) is 27.4 Å². The number of primary amides is 1. The van der Waals surface area contributed by atoms with Crippen molar-refractivity contribution in [1.29, 1.82) is 0 Å². The summed E-state index contributed by atoms with van der Waals surface area (Å²) in [5.74, 6) is -0.487. The van der Waals surface area contributed by atoms with Crippen LogP contribution in [0.15, 0.2) is 47.4 Å². The molecular formula is C21H23N5O8S. The van der Waals surface area contributed by atoms with Crippen LogP contribution < -0.4 is 19.9 Å². The number of carbonyl (C=O) groups is 1. The van der Waals surface area contributed by atoms with E-state index >= 15 is 0 Å². The molecule has 0 bridgehead atoms. The van der Waals surface area contributed by atoms with Crippen LogP contribution in [0.3, 0.4) is 0 Å². The Kier molecular flexibility index (Phi) is 7.68. The van der Waals surface area contributed by atoms with Crippen molar-refractivity contribution in [3.05, 3.63) is 63.8 Å². The molecule has 0 unspecified atom stereocenters. The van der Waals surface area contributed by atoms with Crippen molar-refractivity contribution >= 4 is 21.6 Å². The number of hydrogen-bond donors (Lipinski definition) is 2. The topological polar surface area (TPSA) is 178 Å². The third-order valence-electron chi connectivity index (χ3n) is 4.85. The Morgan fingerprint density at radius 1 is 1.20 bits per heavy atom. The van der Waals surface area contributed by atoms with Crippen molar-refractivity contribution in [2.24, 2.45) is 5.73 Å². The van der Waals surface area contributed by atoms with Gasteiger partial charge in [0.2, 0.25) is 15.9 Å². The molecule has 3 N–H and O–H groups in total. The first-order valence-electron chi connectivity index (χ1n) is 10.1. The first-order chi connectivity index (χ1) is 16.6. The molecule has 0 fully saturated rings. The number of sulfonamides is 1. The van der Waals surface area contributed by atoms with Crippen LogP contribution in [0.5, 0.6) is 17.4 Å². The van der Waals surface area contributed by atoms with E-state index in [0.29, 0.717) is 11.4 Å². The SMILES string of the molecule is COCCNS(=O)(=O)c1cc([N+](=O)[O-])ccc1Oc1c(C)c(C(N)=O)nn1-c1ccc(OC)cc1. The Morgan fingerprint density at radius 3 is 2.46 bits per heavy atom. The minimum Gasteiger partial charge on any atom is -0.497 e. The van der Waals surface area contributed by atoms with Gasteiger partial charge in [0.1, 0.15) is 16.4 Å². The van der Waals surface area contributed by atoms with Crippen LogP contribution in [-0.2, 0) is 14.8 Å². The Morgan fingerprint density at radius 2 is 1.89 bits per heavy atom. The lowest BCUT2D eigenvalue weighted by Gasteiger charge is -2.14. The first-order valence-corrected chi connectivity index (χ1v) is 11.6. The monoisotopic (exact) mass is 505 g/mol. The fourth-order valence-corrected chi connectivity index (χ4v) is 4.26. The minimum absolute atomic E-state index is 0.00818. The predicted octanol–water partition coefficient (Wildman–Crippen LogP) is 1.91. The van der Waals surface area contributed by atoms with Crippen molar-refractivity contribution < 1.29 is 32.3 Å². The fraction of sp³-hybridized carbons (Fsp3) is 0.238. The third kappa shape index (κ3) is 5.56. The number of ether oxygens (including phenoxy) is 3. The Labute approximate surface area is 200 Å². The van der Waals surface area contributed by atoms with Gasteiger partial charge in [0.05, 0.1) is 24.3 Å². The molecule has 1 amide bonds. The van der Waals surface area contributed by atoms with E-state index in [-0.39, 0.29) is 36.0 Å². The van der Waals surface area contributed by atoms with Crippen LogP contribution in [0.25, 0.3) is 5.69 Å². The summed E-state index contributed by atoms with van der Waals surface area (Å²) in [7, 11) is -1.34. The highest BCUT2D eigenvalue weighted by molar-refractivity contribution is 7.89. The van der Waals surface area contributed by atoms with Crippen LogP contribution in [0.1, 0.15) is 16.1 Å². The number of nitrogens with two attached hydrogens (primary N) is 1. The minimum atomic E-state index is -4.25. The van der Waals surface area contributed by atoms with Crippen LogP contribution >= 0.6 is 0 Å².